The molecule has 0 radical (unpaired) electrons. The van der Waals surface area contributed by atoms with Crippen LogP contribution in [0.25, 0.3) is 0 Å². The van der Waals surface area contributed by atoms with Gasteiger partial charge in [0, 0.05) is 55.7 Å². The van der Waals surface area contributed by atoms with Crippen molar-refractivity contribution in [3.63, 3.8) is 0 Å². The van der Waals surface area contributed by atoms with Gasteiger partial charge in [-0.2, -0.15) is 11.8 Å². The zero-order valence-electron chi connectivity index (χ0n) is 16.1. The minimum absolute atomic E-state index is 0. The molecule has 0 saturated carbocycles. The number of thioether (sulfide) groups is 1. The number of hydrogen-bond donors (Lipinski definition) is 2. The van der Waals surface area contributed by atoms with E-state index in [0.29, 0.717) is 6.04 Å². The molecule has 1 unspecified atom stereocenters. The summed E-state index contributed by atoms with van der Waals surface area (Å²) in [5, 5.41) is 6.81. The molecule has 0 aromatic heterocycles. The Hall–Kier alpha value is -0.680. The molecule has 1 aliphatic rings. The number of carbonyl (C=O) groups excluding carboxylic acids is 1. The van der Waals surface area contributed by atoms with Gasteiger partial charge in [0.1, 0.15) is 6.54 Å². The van der Waals surface area contributed by atoms with Gasteiger partial charge in [-0.15, -0.1) is 24.0 Å². The van der Waals surface area contributed by atoms with E-state index in [-0.39, 0.29) is 36.4 Å². The number of aliphatic imine (C=N–C) groups is 1. The highest BCUT2D eigenvalue weighted by Gasteiger charge is 2.23. The molecule has 1 amide bonds. The van der Waals surface area contributed by atoms with Crippen molar-refractivity contribution in [3.8, 4) is 0 Å². The van der Waals surface area contributed by atoms with E-state index in [1.807, 2.05) is 0 Å². The number of nitrogens with one attached hydrogen (secondary N) is 2. The number of hydrogen-bond acceptors (Lipinski definition) is 4. The number of nitrogens with zero attached hydrogens (tertiary/aromatic N) is 3. The molecule has 2 N–H and O–H groups in total. The predicted octanol–water partition coefficient (Wildman–Crippen LogP) is 2.63. The summed E-state index contributed by atoms with van der Waals surface area (Å²) in [6.07, 6.45) is 3.12. The number of benzene rings is 1. The second kappa shape index (κ2) is 12.7. The zero-order valence-corrected chi connectivity index (χ0v) is 20.8. The van der Waals surface area contributed by atoms with E-state index in [0.717, 1.165) is 42.2 Å². The monoisotopic (exact) mass is 569 g/mol. The third-order valence-corrected chi connectivity index (χ3v) is 5.33. The Morgan fingerprint density at radius 2 is 2.07 bits per heavy atom. The lowest BCUT2D eigenvalue weighted by molar-refractivity contribution is -0.127. The van der Waals surface area contributed by atoms with Crippen LogP contribution < -0.4 is 15.5 Å². The van der Waals surface area contributed by atoms with E-state index < -0.39 is 0 Å². The fourth-order valence-corrected chi connectivity index (χ4v) is 3.24. The first-order chi connectivity index (χ1) is 12.5. The minimum atomic E-state index is -0.00104. The quantitative estimate of drug-likeness (QED) is 0.229. The second-order valence-corrected chi connectivity index (χ2v) is 8.33. The molecule has 27 heavy (non-hydrogen) atoms. The number of rotatable bonds is 7. The molecule has 152 valence electrons. The van der Waals surface area contributed by atoms with Crippen LogP contribution in [-0.2, 0) is 4.79 Å². The SMILES string of the molecule is CSCCNC(=NCC(=O)N(C)C)NC1CCN(c2ccc(Br)cc2)C1.I. The summed E-state index contributed by atoms with van der Waals surface area (Å²) in [5.41, 5.74) is 1.23. The van der Waals surface area contributed by atoms with Crippen LogP contribution in [0.1, 0.15) is 6.42 Å². The molecular weight excluding hydrogens is 541 g/mol. The van der Waals surface area contributed by atoms with E-state index in [9.17, 15) is 4.79 Å². The van der Waals surface area contributed by atoms with E-state index >= 15 is 0 Å². The van der Waals surface area contributed by atoms with Gasteiger partial charge in [-0.1, -0.05) is 15.9 Å². The maximum absolute atomic E-state index is 11.8. The Bertz CT molecular complexity index is 614. The number of amides is 1. The zero-order chi connectivity index (χ0) is 18.9. The second-order valence-electron chi connectivity index (χ2n) is 6.42. The normalized spacial score (nSPS) is 16.7. The lowest BCUT2D eigenvalue weighted by Gasteiger charge is -2.21. The summed E-state index contributed by atoms with van der Waals surface area (Å²) < 4.78 is 1.09. The van der Waals surface area contributed by atoms with Crippen molar-refractivity contribution in [2.45, 2.75) is 12.5 Å². The van der Waals surface area contributed by atoms with Gasteiger partial charge in [0.25, 0.3) is 0 Å². The van der Waals surface area contributed by atoms with Crippen molar-refractivity contribution in [1.29, 1.82) is 0 Å². The molecule has 0 spiro atoms. The smallest absolute Gasteiger partial charge is 0.243 e. The summed E-state index contributed by atoms with van der Waals surface area (Å²) in [6.45, 7) is 2.91. The van der Waals surface area contributed by atoms with Crippen molar-refractivity contribution < 1.29 is 4.79 Å². The fraction of sp³-hybridized carbons (Fsp3) is 0.556. The number of carbonyl (C=O) groups is 1. The van der Waals surface area contributed by atoms with Gasteiger partial charge in [-0.3, -0.25) is 4.79 Å². The maximum Gasteiger partial charge on any atom is 0.243 e. The summed E-state index contributed by atoms with van der Waals surface area (Å²) in [5.74, 6) is 1.72. The highest BCUT2D eigenvalue weighted by Crippen LogP contribution is 2.22. The first-order valence-corrected chi connectivity index (χ1v) is 10.9. The highest BCUT2D eigenvalue weighted by atomic mass is 127. The van der Waals surface area contributed by atoms with Crippen LogP contribution in [0.5, 0.6) is 0 Å². The van der Waals surface area contributed by atoms with E-state index in [1.54, 1.807) is 30.8 Å². The molecule has 1 atom stereocenters. The Morgan fingerprint density at radius 1 is 1.37 bits per heavy atom. The number of anilines is 1. The van der Waals surface area contributed by atoms with Crippen molar-refractivity contribution in [1.82, 2.24) is 15.5 Å². The lowest BCUT2D eigenvalue weighted by Crippen LogP contribution is -2.45. The van der Waals surface area contributed by atoms with Gasteiger partial charge in [0.2, 0.25) is 5.91 Å². The molecule has 1 aliphatic heterocycles. The van der Waals surface area contributed by atoms with Crippen LogP contribution in [0.4, 0.5) is 5.69 Å². The van der Waals surface area contributed by atoms with Crippen LogP contribution in [0, 0.1) is 0 Å². The molecule has 9 heteroatoms. The number of likely N-dealkylation sites (N-methyl/N-ethyl adjacent to an activating group) is 1. The highest BCUT2D eigenvalue weighted by molar-refractivity contribution is 14.0. The first-order valence-electron chi connectivity index (χ1n) is 8.74. The largest absolute Gasteiger partial charge is 0.369 e. The van der Waals surface area contributed by atoms with Gasteiger partial charge < -0.3 is 20.4 Å². The van der Waals surface area contributed by atoms with Crippen LogP contribution in [0.15, 0.2) is 33.7 Å². The number of halogens is 2. The topological polar surface area (TPSA) is 60.0 Å². The van der Waals surface area contributed by atoms with Crippen molar-refractivity contribution in [2.75, 3.05) is 57.2 Å². The molecule has 0 bridgehead atoms. The number of guanidine groups is 1. The average Bonchev–Trinajstić information content (AvgIpc) is 3.08. The van der Waals surface area contributed by atoms with Gasteiger partial charge in [0.15, 0.2) is 5.96 Å². The standard InChI is InChI=1S/C18H28BrN5OS.HI/c1-23(2)17(25)12-21-18(20-9-11-26-3)22-15-8-10-24(13-15)16-6-4-14(19)5-7-16;/h4-7,15H,8-13H2,1-3H3,(H2,20,21,22);1H. The van der Waals surface area contributed by atoms with Crippen molar-refractivity contribution in [2.24, 2.45) is 4.99 Å². The van der Waals surface area contributed by atoms with Crippen LogP contribution in [0.3, 0.4) is 0 Å². The Balaban J connectivity index is 0.00000364. The summed E-state index contributed by atoms with van der Waals surface area (Å²) >= 11 is 5.26. The lowest BCUT2D eigenvalue weighted by atomic mass is 10.3. The van der Waals surface area contributed by atoms with Crippen LogP contribution in [0.2, 0.25) is 0 Å². The maximum atomic E-state index is 11.8. The fourth-order valence-electron chi connectivity index (χ4n) is 2.67. The molecule has 2 rings (SSSR count). The van der Waals surface area contributed by atoms with Crippen LogP contribution >= 0.6 is 51.7 Å². The van der Waals surface area contributed by atoms with Gasteiger partial charge in [0.05, 0.1) is 0 Å². The Kier molecular flexibility index (Phi) is 11.5. The van der Waals surface area contributed by atoms with Gasteiger partial charge in [-0.25, -0.2) is 4.99 Å². The average molecular weight is 570 g/mol. The molecule has 6 nitrogen and oxygen atoms in total. The molecule has 1 aromatic rings. The van der Waals surface area contributed by atoms with E-state index in [4.69, 9.17) is 0 Å². The van der Waals surface area contributed by atoms with E-state index in [2.05, 4.69) is 67.0 Å². The Labute approximate surface area is 192 Å². The molecular formula is C18H29BrIN5OS. The summed E-state index contributed by atoms with van der Waals surface area (Å²) in [7, 11) is 3.50. The third kappa shape index (κ3) is 8.47. The van der Waals surface area contributed by atoms with Crippen LogP contribution in [-0.4, -0.2) is 75.1 Å². The minimum Gasteiger partial charge on any atom is -0.369 e. The first kappa shape index (κ1) is 24.4. The molecule has 1 heterocycles. The van der Waals surface area contributed by atoms with Gasteiger partial charge in [-0.05, 0) is 36.9 Å². The Morgan fingerprint density at radius 3 is 2.70 bits per heavy atom. The summed E-state index contributed by atoms with van der Waals surface area (Å²) in [4.78, 5) is 20.2. The van der Waals surface area contributed by atoms with Crippen molar-refractivity contribution >= 4 is 69.2 Å². The third-order valence-electron chi connectivity index (χ3n) is 4.19. The molecule has 1 aromatic carbocycles. The predicted molar refractivity (Wildman–Crippen MR) is 131 cm³/mol. The van der Waals surface area contributed by atoms with Crippen molar-refractivity contribution in [3.05, 3.63) is 28.7 Å². The van der Waals surface area contributed by atoms with E-state index in [1.165, 1.54) is 5.69 Å². The molecule has 0 aliphatic carbocycles. The van der Waals surface area contributed by atoms with Gasteiger partial charge >= 0.3 is 0 Å². The molecule has 1 fully saturated rings. The summed E-state index contributed by atoms with van der Waals surface area (Å²) in [6, 6.07) is 8.72. The molecule has 1 saturated heterocycles.